The van der Waals surface area contributed by atoms with Gasteiger partial charge < -0.3 is 15.3 Å². The number of hydrogen-bond donors (Lipinski definition) is 2. The second kappa shape index (κ2) is 8.00. The van der Waals surface area contributed by atoms with E-state index >= 15 is 0 Å². The van der Waals surface area contributed by atoms with E-state index in [4.69, 9.17) is 4.98 Å². The van der Waals surface area contributed by atoms with E-state index in [0.717, 1.165) is 36.7 Å². The van der Waals surface area contributed by atoms with Crippen molar-refractivity contribution in [2.75, 3.05) is 16.8 Å². The summed E-state index contributed by atoms with van der Waals surface area (Å²) < 4.78 is 42.6. The molecule has 8 heteroatoms. The average Bonchev–Trinajstić information content (AvgIpc) is 3.35. The molecule has 1 saturated heterocycles. The number of benzene rings is 1. The van der Waals surface area contributed by atoms with Gasteiger partial charge in [0.1, 0.15) is 29.1 Å². The third-order valence-corrected chi connectivity index (χ3v) is 6.20. The zero-order chi connectivity index (χ0) is 21.5. The predicted molar refractivity (Wildman–Crippen MR) is 113 cm³/mol. The van der Waals surface area contributed by atoms with Crippen molar-refractivity contribution in [3.05, 3.63) is 59.8 Å². The highest BCUT2D eigenvalue weighted by atomic mass is 19.1. The molecule has 2 unspecified atom stereocenters. The Labute approximate surface area is 177 Å². The number of pyridine rings is 2. The molecule has 5 nitrogen and oxygen atoms in total. The van der Waals surface area contributed by atoms with Crippen LogP contribution in [0.3, 0.4) is 0 Å². The van der Waals surface area contributed by atoms with Crippen LogP contribution in [-0.2, 0) is 0 Å². The molecule has 4 atom stereocenters. The molecule has 2 aliphatic rings. The summed E-state index contributed by atoms with van der Waals surface area (Å²) >= 11 is 0. The molecule has 3 aromatic rings. The van der Waals surface area contributed by atoms with Gasteiger partial charge in [0.25, 0.3) is 0 Å². The van der Waals surface area contributed by atoms with Gasteiger partial charge in [-0.2, -0.15) is 0 Å². The van der Waals surface area contributed by atoms with Crippen molar-refractivity contribution >= 4 is 22.5 Å². The van der Waals surface area contributed by atoms with Crippen LogP contribution >= 0.6 is 0 Å². The number of nitrogens with one attached hydrogen (secondary N) is 1. The number of aliphatic hydroxyl groups is 1. The Morgan fingerprint density at radius 3 is 2.74 bits per heavy atom. The lowest BCUT2D eigenvalue weighted by Gasteiger charge is -2.26. The predicted octanol–water partition coefficient (Wildman–Crippen LogP) is 4.52. The van der Waals surface area contributed by atoms with Crippen molar-refractivity contribution in [3.63, 3.8) is 0 Å². The van der Waals surface area contributed by atoms with Crippen LogP contribution < -0.4 is 10.2 Å². The largest absolute Gasteiger partial charge is 0.393 e. The van der Waals surface area contributed by atoms with Crippen molar-refractivity contribution in [3.8, 4) is 0 Å². The fraction of sp³-hybridized carbons (Fsp3) is 0.391. The van der Waals surface area contributed by atoms with Crippen molar-refractivity contribution in [2.45, 2.75) is 50.0 Å². The van der Waals surface area contributed by atoms with Crippen molar-refractivity contribution in [1.82, 2.24) is 9.97 Å². The number of aliphatic hydroxyl groups excluding tert-OH is 1. The summed E-state index contributed by atoms with van der Waals surface area (Å²) in [4.78, 5) is 10.8. The molecule has 2 N–H and O–H groups in total. The Hall–Kier alpha value is -2.87. The molecule has 1 aromatic carbocycles. The van der Waals surface area contributed by atoms with E-state index in [9.17, 15) is 18.3 Å². The smallest absolute Gasteiger partial charge is 0.130 e. The minimum Gasteiger partial charge on any atom is -0.393 e. The molecule has 0 spiro atoms. The molecule has 1 aliphatic heterocycles. The first kappa shape index (κ1) is 20.1. The van der Waals surface area contributed by atoms with Gasteiger partial charge in [0.2, 0.25) is 0 Å². The maximum Gasteiger partial charge on any atom is 0.130 e. The van der Waals surface area contributed by atoms with Crippen LogP contribution in [0.15, 0.2) is 42.6 Å². The Kier molecular flexibility index (Phi) is 5.17. The molecular weight excluding hydrogens is 405 g/mol. The second-order valence-corrected chi connectivity index (χ2v) is 8.37. The molecule has 162 valence electrons. The average molecular weight is 428 g/mol. The molecule has 31 heavy (non-hydrogen) atoms. The number of aromatic nitrogens is 2. The first-order valence-electron chi connectivity index (χ1n) is 10.5. The van der Waals surface area contributed by atoms with E-state index in [-0.39, 0.29) is 30.7 Å². The third-order valence-electron chi connectivity index (χ3n) is 6.20. The number of nitrogens with zero attached hydrogens (tertiary/aromatic N) is 3. The normalized spacial score (nSPS) is 26.0. The molecule has 1 saturated carbocycles. The lowest BCUT2D eigenvalue weighted by molar-refractivity contribution is 0.182. The molecule has 2 aromatic heterocycles. The highest BCUT2D eigenvalue weighted by Crippen LogP contribution is 2.39. The van der Waals surface area contributed by atoms with Crippen LogP contribution in [0.5, 0.6) is 0 Å². The summed E-state index contributed by atoms with van der Waals surface area (Å²) in [6.45, 7) is 0.0525. The molecular formula is C23H23F3N4O. The maximum absolute atomic E-state index is 14.4. The minimum absolute atomic E-state index is 0.0525. The molecule has 5 rings (SSSR count). The Balaban J connectivity index is 1.51. The summed E-state index contributed by atoms with van der Waals surface area (Å²) in [5.41, 5.74) is 2.22. The van der Waals surface area contributed by atoms with Gasteiger partial charge in [0, 0.05) is 24.2 Å². The monoisotopic (exact) mass is 428 g/mol. The van der Waals surface area contributed by atoms with Gasteiger partial charge in [0.15, 0.2) is 0 Å². The van der Waals surface area contributed by atoms with E-state index in [1.807, 2.05) is 6.07 Å². The maximum atomic E-state index is 14.4. The van der Waals surface area contributed by atoms with E-state index < -0.39 is 23.8 Å². The van der Waals surface area contributed by atoms with Crippen molar-refractivity contribution in [2.24, 2.45) is 0 Å². The van der Waals surface area contributed by atoms with Crippen LogP contribution in [0.4, 0.5) is 24.7 Å². The van der Waals surface area contributed by atoms with Crippen LogP contribution in [0.2, 0.25) is 0 Å². The number of halogens is 3. The Morgan fingerprint density at radius 2 is 1.94 bits per heavy atom. The summed E-state index contributed by atoms with van der Waals surface area (Å²) in [5, 5.41) is 13.3. The molecule has 1 aliphatic carbocycles. The molecule has 0 amide bonds. The van der Waals surface area contributed by atoms with Gasteiger partial charge in [0.05, 0.1) is 29.9 Å². The first-order valence-corrected chi connectivity index (χ1v) is 10.5. The van der Waals surface area contributed by atoms with Gasteiger partial charge in [-0.15, -0.1) is 0 Å². The number of rotatable bonds is 4. The van der Waals surface area contributed by atoms with E-state index in [0.29, 0.717) is 23.3 Å². The summed E-state index contributed by atoms with van der Waals surface area (Å²) in [7, 11) is 0. The summed E-state index contributed by atoms with van der Waals surface area (Å²) in [5.74, 6) is -0.626. The molecule has 0 bridgehead atoms. The standard InChI is InChI=1S/C23H23F3N4O/c24-13-1-4-18(26)17(9-13)21-10-14(25)12-30(21)22-6-5-19-23(29-22)20(7-8-27-19)28-15-2-3-16(31)11-15/h1,4-9,14-16,21,31H,2-3,10-12H2,(H,27,28)/t14-,15?,16?,21+/m0/s1. The molecule has 3 heterocycles. The highest BCUT2D eigenvalue weighted by Gasteiger charge is 2.36. The molecule has 0 radical (unpaired) electrons. The summed E-state index contributed by atoms with van der Waals surface area (Å²) in [6, 6.07) is 8.13. The van der Waals surface area contributed by atoms with Gasteiger partial charge >= 0.3 is 0 Å². The number of fused-ring (bicyclic) bond motifs is 1. The van der Waals surface area contributed by atoms with E-state index in [1.54, 1.807) is 23.2 Å². The van der Waals surface area contributed by atoms with Crippen LogP contribution in [0.1, 0.15) is 37.3 Å². The van der Waals surface area contributed by atoms with Gasteiger partial charge in [-0.25, -0.2) is 18.2 Å². The van der Waals surface area contributed by atoms with E-state index in [1.165, 1.54) is 0 Å². The quantitative estimate of drug-likeness (QED) is 0.640. The zero-order valence-corrected chi connectivity index (χ0v) is 16.8. The van der Waals surface area contributed by atoms with Gasteiger partial charge in [-0.3, -0.25) is 4.98 Å². The molecule has 2 fully saturated rings. The van der Waals surface area contributed by atoms with Crippen LogP contribution in [-0.4, -0.2) is 39.9 Å². The first-order chi connectivity index (χ1) is 15.0. The van der Waals surface area contributed by atoms with Gasteiger partial charge in [-0.05, 0) is 55.7 Å². The fourth-order valence-electron chi connectivity index (χ4n) is 4.70. The van der Waals surface area contributed by atoms with Crippen LogP contribution in [0.25, 0.3) is 11.0 Å². The topological polar surface area (TPSA) is 61.3 Å². The summed E-state index contributed by atoms with van der Waals surface area (Å²) in [6.07, 6.45) is 2.57. The number of alkyl halides is 1. The second-order valence-electron chi connectivity index (χ2n) is 8.37. The lowest BCUT2D eigenvalue weighted by atomic mass is 10.0. The fourth-order valence-corrected chi connectivity index (χ4v) is 4.70. The third kappa shape index (κ3) is 3.92. The van der Waals surface area contributed by atoms with Crippen molar-refractivity contribution in [1.29, 1.82) is 0 Å². The zero-order valence-electron chi connectivity index (χ0n) is 16.8. The minimum atomic E-state index is -1.17. The van der Waals surface area contributed by atoms with Gasteiger partial charge in [-0.1, -0.05) is 0 Å². The Bertz CT molecular complexity index is 1110. The van der Waals surface area contributed by atoms with Crippen LogP contribution in [0, 0.1) is 11.6 Å². The van der Waals surface area contributed by atoms with Crippen molar-refractivity contribution < 1.29 is 18.3 Å². The number of anilines is 2. The highest BCUT2D eigenvalue weighted by molar-refractivity contribution is 5.88. The lowest BCUT2D eigenvalue weighted by Crippen LogP contribution is -2.25. The van der Waals surface area contributed by atoms with E-state index in [2.05, 4.69) is 10.3 Å². The Morgan fingerprint density at radius 1 is 1.06 bits per heavy atom. The number of hydrogen-bond acceptors (Lipinski definition) is 5. The SMILES string of the molecule is OC1CCC(Nc2ccnc3ccc(N4C[C@@H](F)C[C@@H]4c4cc(F)ccc4F)nc23)C1.